The quantitative estimate of drug-likeness (QED) is 0.278. The Bertz CT molecular complexity index is 674. The van der Waals surface area contributed by atoms with Crippen LogP contribution in [0.1, 0.15) is 25.3 Å². The zero-order valence-electron chi connectivity index (χ0n) is 17.4. The number of allylic oxidation sites excluding steroid dienone is 1. The van der Waals surface area contributed by atoms with E-state index in [4.69, 9.17) is 0 Å². The van der Waals surface area contributed by atoms with E-state index in [0.29, 0.717) is 38.9 Å². The number of nitrogens with zero attached hydrogens (tertiary/aromatic N) is 2. The summed E-state index contributed by atoms with van der Waals surface area (Å²) in [5.41, 5.74) is 1.08. The van der Waals surface area contributed by atoms with E-state index in [2.05, 4.69) is 10.6 Å². The molecule has 0 bridgehead atoms. The third kappa shape index (κ3) is 9.75. The predicted octanol–water partition coefficient (Wildman–Crippen LogP) is 1.51. The van der Waals surface area contributed by atoms with Crippen molar-refractivity contribution in [2.24, 2.45) is 0 Å². The van der Waals surface area contributed by atoms with Crippen molar-refractivity contribution in [1.82, 2.24) is 20.4 Å². The number of likely N-dealkylation sites (N-methyl/N-ethyl adjacent to an activating group) is 1. The average Bonchev–Trinajstić information content (AvgIpc) is 2.69. The number of nitrogens with one attached hydrogen (secondary N) is 2. The minimum atomic E-state index is -0.337. The number of rotatable bonds is 12. The molecule has 1 aromatic carbocycles. The summed E-state index contributed by atoms with van der Waals surface area (Å²) in [6.07, 6.45) is 5.48. The lowest BCUT2D eigenvalue weighted by atomic mass is 10.1. The number of unbranched alkanes of at least 4 members (excludes halogenated alkanes) is 1. The van der Waals surface area contributed by atoms with Gasteiger partial charge < -0.3 is 20.6 Å². The molecule has 0 aliphatic heterocycles. The molecule has 1 rings (SSSR count). The Morgan fingerprint density at radius 2 is 1.83 bits per heavy atom. The first-order valence-corrected chi connectivity index (χ1v) is 9.72. The largest absolute Gasteiger partial charge is 0.508 e. The third-order valence-electron chi connectivity index (χ3n) is 4.47. The van der Waals surface area contributed by atoms with Gasteiger partial charge in [0.05, 0.1) is 0 Å². The standard InChI is InChI=1S/C21H32N4O4/c1-4-7-20(28)25(16-26)13-6-5-12-22-21(29)23-15-18(24(2)3)14-17-8-10-19(27)11-9-17/h4,7-11,16,18,27H,5-6,12-15H2,1-3H3,(H2,22,23,29)/b7-4-. The summed E-state index contributed by atoms with van der Waals surface area (Å²) in [7, 11) is 3.91. The van der Waals surface area contributed by atoms with Gasteiger partial charge in [-0.2, -0.15) is 0 Å². The van der Waals surface area contributed by atoms with Crippen molar-refractivity contribution >= 4 is 18.3 Å². The molecule has 0 radical (unpaired) electrons. The van der Waals surface area contributed by atoms with Gasteiger partial charge in [-0.05, 0) is 64.1 Å². The second-order valence-electron chi connectivity index (χ2n) is 6.97. The highest BCUT2D eigenvalue weighted by molar-refractivity contribution is 5.94. The summed E-state index contributed by atoms with van der Waals surface area (Å²) in [5, 5.41) is 15.0. The Hall–Kier alpha value is -2.87. The van der Waals surface area contributed by atoms with Crippen molar-refractivity contribution in [1.29, 1.82) is 0 Å². The number of benzene rings is 1. The second-order valence-corrected chi connectivity index (χ2v) is 6.97. The van der Waals surface area contributed by atoms with E-state index in [9.17, 15) is 19.5 Å². The number of urea groups is 1. The molecular formula is C21H32N4O4. The molecule has 0 spiro atoms. The van der Waals surface area contributed by atoms with Crippen LogP contribution in [0.3, 0.4) is 0 Å². The number of phenolic OH excluding ortho intramolecular Hbond substituents is 1. The van der Waals surface area contributed by atoms with Crippen LogP contribution in [0.2, 0.25) is 0 Å². The molecule has 8 heteroatoms. The fourth-order valence-corrected chi connectivity index (χ4v) is 2.68. The van der Waals surface area contributed by atoms with E-state index in [1.807, 2.05) is 31.1 Å². The molecule has 0 aromatic heterocycles. The lowest BCUT2D eigenvalue weighted by Gasteiger charge is -2.25. The van der Waals surface area contributed by atoms with Crippen LogP contribution in [0.4, 0.5) is 4.79 Å². The SMILES string of the molecule is C/C=C\C(=O)N(C=O)CCCCNC(=O)NCC(Cc1ccc(O)cc1)N(C)C. The topological polar surface area (TPSA) is 102 Å². The van der Waals surface area contributed by atoms with Crippen molar-refractivity contribution in [3.8, 4) is 5.75 Å². The fraction of sp³-hybridized carbons (Fsp3) is 0.476. The maximum atomic E-state index is 12.0. The Labute approximate surface area is 172 Å². The zero-order valence-corrected chi connectivity index (χ0v) is 17.4. The van der Waals surface area contributed by atoms with Crippen LogP contribution in [0, 0.1) is 0 Å². The highest BCUT2D eigenvalue weighted by atomic mass is 16.3. The molecule has 1 atom stereocenters. The normalized spacial score (nSPS) is 12.0. The Morgan fingerprint density at radius 1 is 1.14 bits per heavy atom. The Morgan fingerprint density at radius 3 is 2.41 bits per heavy atom. The molecular weight excluding hydrogens is 372 g/mol. The first-order valence-electron chi connectivity index (χ1n) is 9.72. The zero-order chi connectivity index (χ0) is 21.6. The van der Waals surface area contributed by atoms with Crippen LogP contribution < -0.4 is 10.6 Å². The average molecular weight is 405 g/mol. The smallest absolute Gasteiger partial charge is 0.314 e. The van der Waals surface area contributed by atoms with E-state index < -0.39 is 0 Å². The summed E-state index contributed by atoms with van der Waals surface area (Å²) in [6.45, 7) is 2.98. The van der Waals surface area contributed by atoms with Crippen LogP contribution in [-0.4, -0.2) is 73.0 Å². The summed E-state index contributed by atoms with van der Waals surface area (Å²) >= 11 is 0. The van der Waals surface area contributed by atoms with E-state index >= 15 is 0 Å². The number of amides is 4. The Kier molecular flexibility index (Phi) is 11.1. The van der Waals surface area contributed by atoms with E-state index in [1.165, 1.54) is 6.08 Å². The van der Waals surface area contributed by atoms with Gasteiger partial charge in [0, 0.05) is 25.7 Å². The van der Waals surface area contributed by atoms with Crippen LogP contribution >= 0.6 is 0 Å². The second kappa shape index (κ2) is 13.3. The van der Waals surface area contributed by atoms with Gasteiger partial charge in [0.1, 0.15) is 5.75 Å². The molecule has 29 heavy (non-hydrogen) atoms. The molecule has 0 fully saturated rings. The maximum absolute atomic E-state index is 12.0. The minimum Gasteiger partial charge on any atom is -0.508 e. The van der Waals surface area contributed by atoms with E-state index in [1.54, 1.807) is 25.1 Å². The first kappa shape index (κ1) is 24.2. The minimum absolute atomic E-state index is 0.115. The lowest BCUT2D eigenvalue weighted by molar-refractivity contribution is -0.134. The van der Waals surface area contributed by atoms with E-state index in [0.717, 1.165) is 16.9 Å². The third-order valence-corrected chi connectivity index (χ3v) is 4.47. The summed E-state index contributed by atoms with van der Waals surface area (Å²) < 4.78 is 0. The number of imide groups is 1. The first-order chi connectivity index (χ1) is 13.9. The van der Waals surface area contributed by atoms with Crippen molar-refractivity contribution in [2.75, 3.05) is 33.7 Å². The molecule has 0 heterocycles. The predicted molar refractivity (Wildman–Crippen MR) is 113 cm³/mol. The number of carbonyl (C=O) groups excluding carboxylic acids is 3. The van der Waals surface area contributed by atoms with Gasteiger partial charge in [-0.3, -0.25) is 14.5 Å². The van der Waals surface area contributed by atoms with Gasteiger partial charge in [0.15, 0.2) is 0 Å². The molecule has 0 saturated carbocycles. The molecule has 0 aliphatic rings. The lowest BCUT2D eigenvalue weighted by Crippen LogP contribution is -2.45. The van der Waals surface area contributed by atoms with Gasteiger partial charge in [-0.1, -0.05) is 18.2 Å². The van der Waals surface area contributed by atoms with Gasteiger partial charge in [0.2, 0.25) is 6.41 Å². The van der Waals surface area contributed by atoms with Crippen molar-refractivity contribution in [2.45, 2.75) is 32.2 Å². The molecule has 160 valence electrons. The summed E-state index contributed by atoms with van der Waals surface area (Å²) in [6, 6.07) is 6.91. The molecule has 3 N–H and O–H groups in total. The summed E-state index contributed by atoms with van der Waals surface area (Å²) in [4.78, 5) is 37.7. The van der Waals surface area contributed by atoms with Crippen molar-refractivity contribution in [3.05, 3.63) is 42.0 Å². The van der Waals surface area contributed by atoms with E-state index in [-0.39, 0.29) is 23.7 Å². The highest BCUT2D eigenvalue weighted by Crippen LogP contribution is 2.12. The van der Waals surface area contributed by atoms with Gasteiger partial charge in [-0.15, -0.1) is 0 Å². The number of phenols is 1. The van der Waals surface area contributed by atoms with Gasteiger partial charge in [0.25, 0.3) is 5.91 Å². The summed E-state index contributed by atoms with van der Waals surface area (Å²) in [5.74, 6) is -0.105. The fourth-order valence-electron chi connectivity index (χ4n) is 2.68. The number of aromatic hydroxyl groups is 1. The molecule has 0 saturated heterocycles. The molecule has 0 aliphatic carbocycles. The van der Waals surface area contributed by atoms with Crippen molar-refractivity contribution < 1.29 is 19.5 Å². The monoisotopic (exact) mass is 404 g/mol. The molecule has 1 unspecified atom stereocenters. The molecule has 1 aromatic rings. The van der Waals surface area contributed by atoms with Crippen LogP contribution in [-0.2, 0) is 16.0 Å². The van der Waals surface area contributed by atoms with Gasteiger partial charge in [-0.25, -0.2) is 4.79 Å². The number of hydrogen-bond acceptors (Lipinski definition) is 5. The number of hydrogen-bond donors (Lipinski definition) is 3. The van der Waals surface area contributed by atoms with Crippen LogP contribution in [0.5, 0.6) is 5.75 Å². The van der Waals surface area contributed by atoms with Crippen LogP contribution in [0.25, 0.3) is 0 Å². The Balaban J connectivity index is 2.29. The van der Waals surface area contributed by atoms with Crippen LogP contribution in [0.15, 0.2) is 36.4 Å². The molecule has 4 amide bonds. The van der Waals surface area contributed by atoms with Gasteiger partial charge >= 0.3 is 6.03 Å². The number of carbonyl (C=O) groups is 3. The molecule has 8 nitrogen and oxygen atoms in total. The maximum Gasteiger partial charge on any atom is 0.314 e. The highest BCUT2D eigenvalue weighted by Gasteiger charge is 2.14. The van der Waals surface area contributed by atoms with Crippen molar-refractivity contribution in [3.63, 3.8) is 0 Å².